The van der Waals surface area contributed by atoms with Gasteiger partial charge in [-0.2, -0.15) is 9.57 Å². The Morgan fingerprint density at radius 2 is 1.78 bits per heavy atom. The van der Waals surface area contributed by atoms with Crippen LogP contribution < -0.4 is 19.5 Å². The maximum absolute atomic E-state index is 12.7. The second-order valence-electron chi connectivity index (χ2n) is 7.10. The maximum atomic E-state index is 12.7. The van der Waals surface area contributed by atoms with E-state index in [1.54, 1.807) is 18.2 Å². The van der Waals surface area contributed by atoms with Crippen LogP contribution in [-0.2, 0) is 21.2 Å². The van der Waals surface area contributed by atoms with E-state index >= 15 is 0 Å². The third-order valence-corrected chi connectivity index (χ3v) is 8.54. The van der Waals surface area contributed by atoms with Crippen molar-refractivity contribution in [1.29, 1.82) is 5.26 Å². The molecule has 9 nitrogen and oxygen atoms in total. The van der Waals surface area contributed by atoms with Crippen molar-refractivity contribution in [3.8, 4) is 23.3 Å². The summed E-state index contributed by atoms with van der Waals surface area (Å²) in [5, 5.41) is 12.3. The molecule has 1 amide bonds. The van der Waals surface area contributed by atoms with Crippen molar-refractivity contribution in [2.45, 2.75) is 29.5 Å². The Morgan fingerprint density at radius 1 is 1.16 bits per heavy atom. The summed E-state index contributed by atoms with van der Waals surface area (Å²) in [5.74, 6) is 0.710. The molecule has 32 heavy (non-hydrogen) atoms. The van der Waals surface area contributed by atoms with Crippen LogP contribution in [0.3, 0.4) is 0 Å². The molecule has 0 saturated carbocycles. The molecule has 1 saturated heterocycles. The highest BCUT2D eigenvalue weighted by Gasteiger charge is 2.29. The van der Waals surface area contributed by atoms with Crippen LogP contribution in [0, 0.1) is 11.3 Å². The summed E-state index contributed by atoms with van der Waals surface area (Å²) in [7, 11) is 0.885. The number of rotatable bonds is 9. The number of hydrogen-bond donors (Lipinski definition) is 1. The van der Waals surface area contributed by atoms with E-state index in [1.807, 2.05) is 0 Å². The highest BCUT2D eigenvalue weighted by atomic mass is 32.2. The first kappa shape index (κ1) is 23.8. The second-order valence-corrected chi connectivity index (χ2v) is 10.4. The Hall–Kier alpha value is -2.81. The molecule has 1 aliphatic rings. The molecule has 1 atom stereocenters. The average molecular weight is 480 g/mol. The van der Waals surface area contributed by atoms with Gasteiger partial charge in [0.05, 0.1) is 33.8 Å². The first-order valence-corrected chi connectivity index (χ1v) is 12.2. The topological polar surface area (TPSA) is 118 Å². The van der Waals surface area contributed by atoms with Gasteiger partial charge in [0.15, 0.2) is 11.5 Å². The van der Waals surface area contributed by atoms with Crippen LogP contribution in [0.25, 0.3) is 0 Å². The zero-order chi connectivity index (χ0) is 23.3. The predicted molar refractivity (Wildman–Crippen MR) is 119 cm³/mol. The lowest BCUT2D eigenvalue weighted by Gasteiger charge is -2.17. The molecule has 0 radical (unpaired) electrons. The van der Waals surface area contributed by atoms with Crippen LogP contribution in [0.4, 0.5) is 0 Å². The fourth-order valence-corrected chi connectivity index (χ4v) is 6.50. The van der Waals surface area contributed by atoms with Gasteiger partial charge in [0.25, 0.3) is 10.0 Å². The predicted octanol–water partition coefficient (Wildman–Crippen LogP) is 2.48. The Bertz CT molecular complexity index is 1090. The Balaban J connectivity index is 1.73. The summed E-state index contributed by atoms with van der Waals surface area (Å²) in [5.41, 5.74) is 0.471. The molecule has 3 rings (SSSR count). The smallest absolute Gasteiger partial charge is 0.252 e. The van der Waals surface area contributed by atoms with Gasteiger partial charge >= 0.3 is 0 Å². The van der Waals surface area contributed by atoms with Crippen molar-refractivity contribution in [3.63, 3.8) is 0 Å². The molecule has 1 aromatic carbocycles. The lowest BCUT2D eigenvalue weighted by molar-refractivity contribution is -0.120. The molecule has 0 bridgehead atoms. The highest BCUT2D eigenvalue weighted by Crippen LogP contribution is 2.39. The normalized spacial score (nSPS) is 15.1. The summed E-state index contributed by atoms with van der Waals surface area (Å²) in [6.45, 7) is 1.05. The Kier molecular flexibility index (Phi) is 7.60. The third-order valence-electron chi connectivity index (χ3n) is 5.09. The van der Waals surface area contributed by atoms with Crippen molar-refractivity contribution in [1.82, 2.24) is 9.62 Å². The molecule has 1 aromatic heterocycles. The van der Waals surface area contributed by atoms with Crippen LogP contribution in [0.15, 0.2) is 28.5 Å². The zero-order valence-corrected chi connectivity index (χ0v) is 19.7. The molecule has 1 unspecified atom stereocenters. The van der Waals surface area contributed by atoms with E-state index < -0.39 is 22.0 Å². The van der Waals surface area contributed by atoms with Crippen molar-refractivity contribution in [3.05, 3.63) is 34.7 Å². The number of methoxy groups -OCH3 is 3. The van der Waals surface area contributed by atoms with E-state index in [1.165, 1.54) is 31.7 Å². The van der Waals surface area contributed by atoms with E-state index in [-0.39, 0.29) is 10.6 Å². The number of carbonyl (C=O) groups excluding carboxylic acids is 1. The molecule has 1 aliphatic heterocycles. The van der Waals surface area contributed by atoms with E-state index in [9.17, 15) is 18.5 Å². The molecule has 0 aliphatic carbocycles. The molecule has 1 N–H and O–H groups in total. The van der Waals surface area contributed by atoms with E-state index in [0.717, 1.165) is 24.2 Å². The molecule has 2 heterocycles. The minimum Gasteiger partial charge on any atom is -0.493 e. The van der Waals surface area contributed by atoms with E-state index in [4.69, 9.17) is 14.2 Å². The summed E-state index contributed by atoms with van der Waals surface area (Å²) in [6, 6.07) is 7.46. The van der Waals surface area contributed by atoms with Gasteiger partial charge in [-0.25, -0.2) is 8.42 Å². The maximum Gasteiger partial charge on any atom is 0.252 e. The molecular weight excluding hydrogens is 454 g/mol. The second kappa shape index (κ2) is 10.2. The van der Waals surface area contributed by atoms with Crippen LogP contribution in [0.5, 0.6) is 17.2 Å². The Morgan fingerprint density at radius 3 is 2.31 bits per heavy atom. The summed E-state index contributed by atoms with van der Waals surface area (Å²) in [4.78, 5) is 13.2. The fraction of sp³-hybridized carbons (Fsp3) is 0.429. The van der Waals surface area contributed by atoms with Gasteiger partial charge in [-0.15, -0.1) is 11.3 Å². The largest absolute Gasteiger partial charge is 0.493 e. The van der Waals surface area contributed by atoms with Gasteiger partial charge in [0, 0.05) is 18.0 Å². The van der Waals surface area contributed by atoms with Crippen molar-refractivity contribution >= 4 is 27.3 Å². The zero-order valence-electron chi connectivity index (χ0n) is 18.1. The number of nitrogens with zero attached hydrogens (tertiary/aromatic N) is 2. The van der Waals surface area contributed by atoms with Gasteiger partial charge in [-0.05, 0) is 42.7 Å². The van der Waals surface area contributed by atoms with Gasteiger partial charge < -0.3 is 19.5 Å². The summed E-state index contributed by atoms with van der Waals surface area (Å²) < 4.78 is 42.9. The van der Waals surface area contributed by atoms with Crippen LogP contribution in [0.2, 0.25) is 0 Å². The molecular formula is C21H25N3O6S2. The standard InChI is InChI=1S/C21H25N3O6S2/c1-28-17-10-14(11-18(29-2)21(17)30-3)16(13-22)23-19(25)12-15-6-7-20(31-15)32(26,27)24-8-4-5-9-24/h6-7,10-11,16H,4-5,8-9,12H2,1-3H3,(H,23,25). The number of thiophene rings is 1. The molecule has 0 spiro atoms. The van der Waals surface area contributed by atoms with Crippen molar-refractivity contribution in [2.24, 2.45) is 0 Å². The number of hydrogen-bond acceptors (Lipinski definition) is 8. The molecule has 1 fully saturated rings. The lowest BCUT2D eigenvalue weighted by atomic mass is 10.1. The summed E-state index contributed by atoms with van der Waals surface area (Å²) >= 11 is 1.07. The third kappa shape index (κ3) is 4.98. The highest BCUT2D eigenvalue weighted by molar-refractivity contribution is 7.91. The quantitative estimate of drug-likeness (QED) is 0.587. The molecule has 172 valence electrons. The van der Waals surface area contributed by atoms with Crippen LogP contribution in [-0.4, -0.2) is 53.0 Å². The lowest BCUT2D eigenvalue weighted by Crippen LogP contribution is -2.29. The minimum absolute atomic E-state index is 0.0389. The number of carbonyl (C=O) groups is 1. The van der Waals surface area contributed by atoms with Gasteiger partial charge in [-0.3, -0.25) is 4.79 Å². The number of nitriles is 1. The average Bonchev–Trinajstić information content (AvgIpc) is 3.49. The monoisotopic (exact) mass is 479 g/mol. The molecule has 11 heteroatoms. The number of sulfonamides is 1. The first-order chi connectivity index (χ1) is 15.3. The van der Waals surface area contributed by atoms with Crippen LogP contribution >= 0.6 is 11.3 Å². The molecule has 2 aromatic rings. The van der Waals surface area contributed by atoms with Gasteiger partial charge in [-0.1, -0.05) is 0 Å². The summed E-state index contributed by atoms with van der Waals surface area (Å²) in [6.07, 6.45) is 1.68. The Labute approximate surface area is 191 Å². The SMILES string of the molecule is COc1cc(C(C#N)NC(=O)Cc2ccc(S(=O)(=O)N3CCCC3)s2)cc(OC)c1OC. The van der Waals surface area contributed by atoms with Crippen LogP contribution in [0.1, 0.15) is 29.3 Å². The number of ether oxygens (including phenoxy) is 3. The van der Waals surface area contributed by atoms with Gasteiger partial charge in [0.2, 0.25) is 11.7 Å². The van der Waals surface area contributed by atoms with E-state index in [2.05, 4.69) is 11.4 Å². The van der Waals surface area contributed by atoms with Gasteiger partial charge in [0.1, 0.15) is 10.3 Å². The van der Waals surface area contributed by atoms with E-state index in [0.29, 0.717) is 40.8 Å². The fourth-order valence-electron chi connectivity index (χ4n) is 3.48. The number of amides is 1. The number of benzene rings is 1. The first-order valence-electron chi connectivity index (χ1n) is 9.91. The van der Waals surface area contributed by atoms with Crippen molar-refractivity contribution < 1.29 is 27.4 Å². The minimum atomic E-state index is -3.52. The number of nitrogens with one attached hydrogen (secondary N) is 1. The van der Waals surface area contributed by atoms with Crippen molar-refractivity contribution in [2.75, 3.05) is 34.4 Å².